The summed E-state index contributed by atoms with van der Waals surface area (Å²) < 4.78 is 7.23. The minimum absolute atomic E-state index is 1.14. The molecule has 0 aliphatic carbocycles. The lowest BCUT2D eigenvalue weighted by atomic mass is 9.98. The van der Waals surface area contributed by atoms with E-state index >= 15 is 0 Å². The molecule has 0 amide bonds. The van der Waals surface area contributed by atoms with Crippen LogP contribution in [0, 0.1) is 0 Å². The third-order valence-electron chi connectivity index (χ3n) is 10.6. The Morgan fingerprint density at radius 2 is 0.686 bits per heavy atom. The van der Waals surface area contributed by atoms with Crippen molar-refractivity contribution in [3.63, 3.8) is 0 Å². The Labute approximate surface area is 294 Å². The molecule has 3 nitrogen and oxygen atoms in total. The van der Waals surface area contributed by atoms with E-state index in [1.165, 1.54) is 82.2 Å². The zero-order chi connectivity index (χ0) is 33.5. The van der Waals surface area contributed by atoms with Crippen LogP contribution in [-0.4, -0.2) is 13.7 Å². The topological polar surface area (TPSA) is 14.8 Å². The highest BCUT2D eigenvalue weighted by atomic mass is 15.0. The van der Waals surface area contributed by atoms with Crippen LogP contribution in [0.5, 0.6) is 0 Å². The molecule has 0 aliphatic heterocycles. The van der Waals surface area contributed by atoms with Crippen molar-refractivity contribution in [2.24, 2.45) is 0 Å². The SMILES string of the molecule is c1ccc(-n2c3ccccc3c3ccc(-c4cccc5c4c4ccccc4n5-c4cccc(-n5c6ccccc6c6ccccc65)c4)cc32)cc1. The van der Waals surface area contributed by atoms with Gasteiger partial charge in [0.15, 0.2) is 0 Å². The lowest BCUT2D eigenvalue weighted by Crippen LogP contribution is -1.98. The van der Waals surface area contributed by atoms with Gasteiger partial charge in [0.05, 0.1) is 33.1 Å². The number of para-hydroxylation sites is 5. The summed E-state index contributed by atoms with van der Waals surface area (Å²) in [5.41, 5.74) is 13.1. The van der Waals surface area contributed by atoms with Crippen molar-refractivity contribution in [1.82, 2.24) is 13.7 Å². The first-order valence-electron chi connectivity index (χ1n) is 17.5. The maximum Gasteiger partial charge on any atom is 0.0547 e. The largest absolute Gasteiger partial charge is 0.309 e. The van der Waals surface area contributed by atoms with E-state index < -0.39 is 0 Å². The fraction of sp³-hybridized carbons (Fsp3) is 0. The van der Waals surface area contributed by atoms with Crippen molar-refractivity contribution in [2.75, 3.05) is 0 Å². The molecule has 3 heteroatoms. The molecule has 3 aromatic heterocycles. The molecular weight excluding hydrogens is 619 g/mol. The zero-order valence-corrected chi connectivity index (χ0v) is 27.7. The Hall–Kier alpha value is -6.84. The van der Waals surface area contributed by atoms with Gasteiger partial charge in [-0.2, -0.15) is 0 Å². The predicted molar refractivity (Wildman–Crippen MR) is 215 cm³/mol. The number of rotatable bonds is 4. The molecular formula is C48H31N3. The molecule has 0 fully saturated rings. The van der Waals surface area contributed by atoms with Crippen molar-refractivity contribution in [2.45, 2.75) is 0 Å². The molecule has 8 aromatic carbocycles. The van der Waals surface area contributed by atoms with Crippen LogP contribution in [0.4, 0.5) is 0 Å². The maximum absolute atomic E-state index is 2.44. The monoisotopic (exact) mass is 649 g/mol. The molecule has 0 aliphatic rings. The van der Waals surface area contributed by atoms with Gasteiger partial charge in [0.1, 0.15) is 0 Å². The molecule has 238 valence electrons. The van der Waals surface area contributed by atoms with Crippen LogP contribution < -0.4 is 0 Å². The van der Waals surface area contributed by atoms with Crippen molar-refractivity contribution in [1.29, 1.82) is 0 Å². The number of benzene rings is 8. The van der Waals surface area contributed by atoms with E-state index in [1.54, 1.807) is 0 Å². The number of hydrogen-bond donors (Lipinski definition) is 0. The van der Waals surface area contributed by atoms with Gasteiger partial charge < -0.3 is 13.7 Å². The van der Waals surface area contributed by atoms with Crippen LogP contribution in [0.2, 0.25) is 0 Å². The molecule has 0 N–H and O–H groups in total. The van der Waals surface area contributed by atoms with Gasteiger partial charge in [0.2, 0.25) is 0 Å². The van der Waals surface area contributed by atoms with Crippen molar-refractivity contribution >= 4 is 65.4 Å². The number of fused-ring (bicyclic) bond motifs is 9. The molecule has 0 atom stereocenters. The average molecular weight is 650 g/mol. The van der Waals surface area contributed by atoms with Gasteiger partial charge in [-0.05, 0) is 77.9 Å². The van der Waals surface area contributed by atoms with Crippen molar-refractivity contribution in [3.8, 4) is 28.2 Å². The molecule has 0 unspecified atom stereocenters. The van der Waals surface area contributed by atoms with Crippen molar-refractivity contribution in [3.05, 3.63) is 188 Å². The fourth-order valence-electron chi connectivity index (χ4n) is 8.50. The highest BCUT2D eigenvalue weighted by Crippen LogP contribution is 2.41. The Morgan fingerprint density at radius 3 is 1.31 bits per heavy atom. The van der Waals surface area contributed by atoms with Crippen LogP contribution in [-0.2, 0) is 0 Å². The highest BCUT2D eigenvalue weighted by molar-refractivity contribution is 6.17. The number of aromatic nitrogens is 3. The van der Waals surface area contributed by atoms with E-state index in [0.717, 1.165) is 11.4 Å². The summed E-state index contributed by atoms with van der Waals surface area (Å²) in [4.78, 5) is 0. The van der Waals surface area contributed by atoms with E-state index in [1.807, 2.05) is 0 Å². The van der Waals surface area contributed by atoms with Gasteiger partial charge in [-0.1, -0.05) is 121 Å². The minimum Gasteiger partial charge on any atom is -0.309 e. The van der Waals surface area contributed by atoms with E-state index in [9.17, 15) is 0 Å². The second kappa shape index (κ2) is 10.8. The summed E-state index contributed by atoms with van der Waals surface area (Å²) in [5.74, 6) is 0. The molecule has 0 spiro atoms. The van der Waals surface area contributed by atoms with Gasteiger partial charge in [-0.25, -0.2) is 0 Å². The van der Waals surface area contributed by atoms with Gasteiger partial charge in [0.25, 0.3) is 0 Å². The lowest BCUT2D eigenvalue weighted by molar-refractivity contribution is 1.13. The highest BCUT2D eigenvalue weighted by Gasteiger charge is 2.19. The van der Waals surface area contributed by atoms with Gasteiger partial charge in [0, 0.05) is 49.4 Å². The third-order valence-corrected chi connectivity index (χ3v) is 10.6. The standard InChI is InChI=1S/C48H31N3/c1-2-14-33(15-3-1)49-42-23-8-6-20-39(42)40-29-28-32(30-47(40)49)36-22-13-27-46-48(36)41-21-7-11-26-45(41)51(46)35-17-12-16-34(31-35)50-43-24-9-4-18-37(43)38-19-5-10-25-44(38)50/h1-31H. The number of hydrogen-bond acceptors (Lipinski definition) is 0. The number of nitrogens with zero attached hydrogens (tertiary/aromatic N) is 3. The average Bonchev–Trinajstić information content (AvgIpc) is 3.84. The summed E-state index contributed by atoms with van der Waals surface area (Å²) in [6, 6.07) is 68.4. The molecule has 0 saturated heterocycles. The molecule has 11 aromatic rings. The van der Waals surface area contributed by atoms with Gasteiger partial charge >= 0.3 is 0 Å². The van der Waals surface area contributed by atoms with E-state index in [-0.39, 0.29) is 0 Å². The van der Waals surface area contributed by atoms with E-state index in [4.69, 9.17) is 0 Å². The summed E-state index contributed by atoms with van der Waals surface area (Å²) in [6.07, 6.45) is 0. The molecule has 3 heterocycles. The van der Waals surface area contributed by atoms with Crippen LogP contribution >= 0.6 is 0 Å². The van der Waals surface area contributed by atoms with Crippen LogP contribution in [0.3, 0.4) is 0 Å². The summed E-state index contributed by atoms with van der Waals surface area (Å²) in [6.45, 7) is 0. The zero-order valence-electron chi connectivity index (χ0n) is 27.7. The normalized spacial score (nSPS) is 11.9. The summed E-state index contributed by atoms with van der Waals surface area (Å²) in [7, 11) is 0. The Balaban J connectivity index is 1.15. The lowest BCUT2D eigenvalue weighted by Gasteiger charge is -2.13. The summed E-state index contributed by atoms with van der Waals surface area (Å²) in [5, 5.41) is 7.56. The quantitative estimate of drug-likeness (QED) is 0.180. The first-order chi connectivity index (χ1) is 25.3. The van der Waals surface area contributed by atoms with Crippen LogP contribution in [0.15, 0.2) is 188 Å². The third kappa shape index (κ3) is 4.06. The molecule has 0 saturated carbocycles. The minimum atomic E-state index is 1.14. The maximum atomic E-state index is 2.44. The molecule has 51 heavy (non-hydrogen) atoms. The second-order valence-electron chi connectivity index (χ2n) is 13.4. The van der Waals surface area contributed by atoms with Crippen LogP contribution in [0.1, 0.15) is 0 Å². The summed E-state index contributed by atoms with van der Waals surface area (Å²) >= 11 is 0. The first kappa shape index (κ1) is 28.0. The second-order valence-corrected chi connectivity index (χ2v) is 13.4. The van der Waals surface area contributed by atoms with Crippen molar-refractivity contribution < 1.29 is 0 Å². The molecule has 0 bridgehead atoms. The molecule has 0 radical (unpaired) electrons. The van der Waals surface area contributed by atoms with E-state index in [0.29, 0.717) is 0 Å². The van der Waals surface area contributed by atoms with Crippen LogP contribution in [0.25, 0.3) is 93.6 Å². The first-order valence-corrected chi connectivity index (χ1v) is 17.5. The van der Waals surface area contributed by atoms with Gasteiger partial charge in [-0.15, -0.1) is 0 Å². The van der Waals surface area contributed by atoms with Gasteiger partial charge in [-0.3, -0.25) is 0 Å². The Kier molecular flexibility index (Phi) is 5.96. The van der Waals surface area contributed by atoms with E-state index in [2.05, 4.69) is 202 Å². The Morgan fingerprint density at radius 1 is 0.255 bits per heavy atom. The smallest absolute Gasteiger partial charge is 0.0547 e. The fourth-order valence-corrected chi connectivity index (χ4v) is 8.50. The predicted octanol–water partition coefficient (Wildman–Crippen LogP) is 12.6. The Bertz CT molecular complexity index is 3080. The molecule has 11 rings (SSSR count).